The molecule has 1 unspecified atom stereocenters. The molecule has 8 nitrogen and oxygen atoms in total. The molecular weight excluding hydrogens is 420 g/mol. The summed E-state index contributed by atoms with van der Waals surface area (Å²) in [4.78, 5) is 44.2. The first-order valence-corrected chi connectivity index (χ1v) is 11.4. The Kier molecular flexibility index (Phi) is 6.53. The molecule has 2 aliphatic heterocycles. The Balaban J connectivity index is 1.43. The molecule has 2 fully saturated rings. The zero-order chi connectivity index (χ0) is 23.4. The Morgan fingerprint density at radius 3 is 2.33 bits per heavy atom. The number of rotatable bonds is 7. The van der Waals surface area contributed by atoms with Gasteiger partial charge in [0, 0.05) is 26.2 Å². The van der Waals surface area contributed by atoms with Crippen LogP contribution in [0.3, 0.4) is 0 Å². The number of carbonyl (C=O) groups excluding carboxylic acids is 3. The van der Waals surface area contributed by atoms with Gasteiger partial charge < -0.3 is 19.9 Å². The number of ether oxygens (including phenoxy) is 1. The predicted octanol–water partition coefficient (Wildman–Crippen LogP) is 2.59. The smallest absolute Gasteiger partial charge is 0.325 e. The van der Waals surface area contributed by atoms with E-state index < -0.39 is 11.6 Å². The molecule has 2 aromatic rings. The molecule has 0 bridgehead atoms. The number of piperazine rings is 1. The van der Waals surface area contributed by atoms with Gasteiger partial charge in [0.25, 0.3) is 5.91 Å². The minimum Gasteiger partial charge on any atom is -0.495 e. The fraction of sp³-hybridized carbons (Fsp3) is 0.400. The monoisotopic (exact) mass is 450 g/mol. The fourth-order valence-electron chi connectivity index (χ4n) is 4.70. The van der Waals surface area contributed by atoms with Gasteiger partial charge in [-0.25, -0.2) is 4.79 Å². The second-order valence-electron chi connectivity index (χ2n) is 8.38. The highest BCUT2D eigenvalue weighted by Gasteiger charge is 2.52. The minimum atomic E-state index is -1.12. The Hall–Kier alpha value is -3.55. The number of nitrogens with zero attached hydrogens (tertiary/aromatic N) is 3. The molecule has 0 spiro atoms. The largest absolute Gasteiger partial charge is 0.495 e. The van der Waals surface area contributed by atoms with Crippen LogP contribution in [0.25, 0.3) is 0 Å². The second-order valence-corrected chi connectivity index (χ2v) is 8.38. The molecule has 0 radical (unpaired) electrons. The molecule has 8 heteroatoms. The van der Waals surface area contributed by atoms with Crippen molar-refractivity contribution in [1.29, 1.82) is 0 Å². The van der Waals surface area contributed by atoms with Crippen LogP contribution in [0.1, 0.15) is 25.3 Å². The van der Waals surface area contributed by atoms with Crippen LogP contribution in [0.5, 0.6) is 5.75 Å². The summed E-state index contributed by atoms with van der Waals surface area (Å²) < 4.78 is 5.45. The number of urea groups is 1. The Labute approximate surface area is 194 Å². The van der Waals surface area contributed by atoms with Crippen molar-refractivity contribution in [2.24, 2.45) is 0 Å². The quantitative estimate of drug-likeness (QED) is 0.656. The summed E-state index contributed by atoms with van der Waals surface area (Å²) in [7, 11) is 1.64. The highest BCUT2D eigenvalue weighted by molar-refractivity contribution is 6.09. The van der Waals surface area contributed by atoms with Crippen molar-refractivity contribution in [1.82, 2.24) is 15.1 Å². The zero-order valence-corrected chi connectivity index (χ0v) is 19.1. The van der Waals surface area contributed by atoms with Gasteiger partial charge in [0.15, 0.2) is 0 Å². The van der Waals surface area contributed by atoms with Gasteiger partial charge in [-0.05, 0) is 24.1 Å². The van der Waals surface area contributed by atoms with Gasteiger partial charge >= 0.3 is 6.03 Å². The highest BCUT2D eigenvalue weighted by atomic mass is 16.5. The number of amides is 4. The summed E-state index contributed by atoms with van der Waals surface area (Å²) in [5, 5.41) is 2.88. The van der Waals surface area contributed by atoms with E-state index in [2.05, 4.69) is 10.2 Å². The number of para-hydroxylation sites is 2. The van der Waals surface area contributed by atoms with Crippen LogP contribution < -0.4 is 15.0 Å². The number of methoxy groups -OCH3 is 1. The molecule has 1 N–H and O–H groups in total. The summed E-state index contributed by atoms with van der Waals surface area (Å²) in [5.41, 5.74) is 0.620. The predicted molar refractivity (Wildman–Crippen MR) is 125 cm³/mol. The minimum absolute atomic E-state index is 0.224. The summed E-state index contributed by atoms with van der Waals surface area (Å²) in [6, 6.07) is 16.5. The van der Waals surface area contributed by atoms with Gasteiger partial charge in [0.05, 0.1) is 12.8 Å². The number of hydrogen-bond acceptors (Lipinski definition) is 5. The van der Waals surface area contributed by atoms with Crippen LogP contribution in [0.15, 0.2) is 54.6 Å². The van der Waals surface area contributed by atoms with E-state index in [0.29, 0.717) is 39.0 Å². The molecule has 0 aromatic heterocycles. The summed E-state index contributed by atoms with van der Waals surface area (Å²) in [6.07, 6.45) is 1.19. The highest BCUT2D eigenvalue weighted by Crippen LogP contribution is 2.34. The lowest BCUT2D eigenvalue weighted by atomic mass is 9.85. The Bertz CT molecular complexity index is 1020. The molecule has 33 heavy (non-hydrogen) atoms. The van der Waals surface area contributed by atoms with Crippen molar-refractivity contribution < 1.29 is 19.1 Å². The van der Waals surface area contributed by atoms with E-state index in [9.17, 15) is 14.4 Å². The maximum atomic E-state index is 13.4. The number of anilines is 1. The molecule has 0 aliphatic carbocycles. The van der Waals surface area contributed by atoms with E-state index in [1.807, 2.05) is 61.5 Å². The molecule has 174 valence electrons. The van der Waals surface area contributed by atoms with Gasteiger partial charge in [-0.1, -0.05) is 55.8 Å². The van der Waals surface area contributed by atoms with E-state index in [1.165, 1.54) is 0 Å². The molecule has 2 aliphatic rings. The summed E-state index contributed by atoms with van der Waals surface area (Å²) in [6.45, 7) is 4.04. The van der Waals surface area contributed by atoms with Crippen LogP contribution in [0.4, 0.5) is 10.5 Å². The number of carbonyl (C=O) groups is 3. The molecule has 2 aromatic carbocycles. The maximum absolute atomic E-state index is 13.4. The maximum Gasteiger partial charge on any atom is 0.325 e. The SMILES string of the molecule is CCCC1(c2ccccc2)NC(=O)N(CC(=O)N2CCN(c3ccccc3OC)CC2)C1=O. The third kappa shape index (κ3) is 4.25. The standard InChI is InChI=1S/C25H30N4O4/c1-3-13-25(19-9-5-4-6-10-19)23(31)29(24(32)26-25)18-22(30)28-16-14-27(15-17-28)20-11-7-8-12-21(20)33-2/h4-12H,3,13-18H2,1-2H3,(H,26,32). The van der Waals surface area contributed by atoms with E-state index in [-0.39, 0.29) is 18.4 Å². The number of benzene rings is 2. The van der Waals surface area contributed by atoms with Gasteiger partial charge in [-0.2, -0.15) is 0 Å². The number of imide groups is 1. The van der Waals surface area contributed by atoms with Crippen molar-refractivity contribution in [2.75, 3.05) is 44.7 Å². The Morgan fingerprint density at radius 2 is 1.67 bits per heavy atom. The Morgan fingerprint density at radius 1 is 1.00 bits per heavy atom. The zero-order valence-electron chi connectivity index (χ0n) is 19.1. The van der Waals surface area contributed by atoms with Crippen LogP contribution in [-0.2, 0) is 15.1 Å². The van der Waals surface area contributed by atoms with Crippen molar-refractivity contribution in [3.63, 3.8) is 0 Å². The first kappa shape index (κ1) is 22.6. The van der Waals surface area contributed by atoms with Crippen molar-refractivity contribution in [3.05, 3.63) is 60.2 Å². The topological polar surface area (TPSA) is 82.2 Å². The average Bonchev–Trinajstić information content (AvgIpc) is 3.09. The first-order chi connectivity index (χ1) is 16.0. The normalized spacial score (nSPS) is 20.7. The number of hydrogen-bond donors (Lipinski definition) is 1. The third-order valence-electron chi connectivity index (χ3n) is 6.42. The molecule has 4 rings (SSSR count). The van der Waals surface area contributed by atoms with Crippen molar-refractivity contribution >= 4 is 23.5 Å². The molecule has 0 saturated carbocycles. The number of nitrogens with one attached hydrogen (secondary N) is 1. The molecule has 4 amide bonds. The van der Waals surface area contributed by atoms with Crippen LogP contribution >= 0.6 is 0 Å². The van der Waals surface area contributed by atoms with Gasteiger partial charge in [-0.3, -0.25) is 14.5 Å². The van der Waals surface area contributed by atoms with Crippen LogP contribution in [0.2, 0.25) is 0 Å². The van der Waals surface area contributed by atoms with Gasteiger partial charge in [0.2, 0.25) is 5.91 Å². The van der Waals surface area contributed by atoms with Gasteiger partial charge in [-0.15, -0.1) is 0 Å². The van der Waals surface area contributed by atoms with E-state index in [4.69, 9.17) is 4.74 Å². The van der Waals surface area contributed by atoms with E-state index in [1.54, 1.807) is 12.0 Å². The second kappa shape index (κ2) is 9.52. The third-order valence-corrected chi connectivity index (χ3v) is 6.42. The molecule has 2 heterocycles. The van der Waals surface area contributed by atoms with Crippen molar-refractivity contribution in [3.8, 4) is 5.75 Å². The summed E-state index contributed by atoms with van der Waals surface area (Å²) >= 11 is 0. The molecule has 2 saturated heterocycles. The van der Waals surface area contributed by atoms with Gasteiger partial charge in [0.1, 0.15) is 17.8 Å². The first-order valence-electron chi connectivity index (χ1n) is 11.4. The van der Waals surface area contributed by atoms with Crippen molar-refractivity contribution in [2.45, 2.75) is 25.3 Å². The lowest BCUT2D eigenvalue weighted by Gasteiger charge is -2.37. The average molecular weight is 451 g/mol. The fourth-order valence-corrected chi connectivity index (χ4v) is 4.70. The molecular formula is C25H30N4O4. The van der Waals surface area contributed by atoms with Crippen LogP contribution in [-0.4, -0.2) is 67.5 Å². The summed E-state index contributed by atoms with van der Waals surface area (Å²) in [5.74, 6) is 0.213. The van der Waals surface area contributed by atoms with E-state index in [0.717, 1.165) is 21.9 Å². The lowest BCUT2D eigenvalue weighted by molar-refractivity contribution is -0.139. The van der Waals surface area contributed by atoms with Crippen LogP contribution in [0, 0.1) is 0 Å². The molecule has 1 atom stereocenters. The van der Waals surface area contributed by atoms with E-state index >= 15 is 0 Å². The lowest BCUT2D eigenvalue weighted by Crippen LogP contribution is -2.52.